The normalized spacial score (nSPS) is 12.1. The van der Waals surface area contributed by atoms with Gasteiger partial charge in [-0.1, -0.05) is 23.5 Å². The van der Waals surface area contributed by atoms with Crippen LogP contribution >= 0.6 is 11.3 Å². The van der Waals surface area contributed by atoms with Crippen molar-refractivity contribution in [1.29, 1.82) is 0 Å². The summed E-state index contributed by atoms with van der Waals surface area (Å²) in [5, 5.41) is 15.0. The summed E-state index contributed by atoms with van der Waals surface area (Å²) in [5.74, 6) is 0.819. The number of furan rings is 1. The van der Waals surface area contributed by atoms with Gasteiger partial charge < -0.3 is 4.42 Å². The maximum absolute atomic E-state index is 12.4. The highest BCUT2D eigenvalue weighted by molar-refractivity contribution is 7.15. The molecule has 4 rings (SSSR count). The predicted molar refractivity (Wildman–Crippen MR) is 86.7 cm³/mol. The quantitative estimate of drug-likeness (QED) is 0.416. The minimum atomic E-state index is -0.478. The summed E-state index contributed by atoms with van der Waals surface area (Å²) in [7, 11) is 0. The first-order valence-corrected chi connectivity index (χ1v) is 7.63. The van der Waals surface area contributed by atoms with Gasteiger partial charge in [-0.05, 0) is 23.8 Å². The number of non-ortho nitro benzene ring substituents is 1. The molecule has 0 aliphatic rings. The van der Waals surface area contributed by atoms with Crippen LogP contribution in [0.15, 0.2) is 51.9 Å². The van der Waals surface area contributed by atoms with Crippen molar-refractivity contribution in [1.82, 2.24) is 14.6 Å². The Balaban J connectivity index is 1.82. The van der Waals surface area contributed by atoms with E-state index in [1.54, 1.807) is 30.3 Å². The Bertz CT molecular complexity index is 1160. The maximum Gasteiger partial charge on any atom is 0.291 e. The smallest absolute Gasteiger partial charge is 0.291 e. The number of thiazole rings is 1. The van der Waals surface area contributed by atoms with E-state index in [1.165, 1.54) is 22.9 Å². The van der Waals surface area contributed by atoms with Crippen molar-refractivity contribution < 1.29 is 9.34 Å². The summed E-state index contributed by atoms with van der Waals surface area (Å²) in [5.41, 5.74) is 0.208. The molecule has 3 heterocycles. The topological polar surface area (TPSA) is 104 Å². The molecule has 0 N–H and O–H groups in total. The van der Waals surface area contributed by atoms with Gasteiger partial charge in [-0.25, -0.2) is 0 Å². The van der Waals surface area contributed by atoms with Gasteiger partial charge in [0.05, 0.1) is 15.7 Å². The highest BCUT2D eigenvalue weighted by atomic mass is 32.1. The molecule has 0 fully saturated rings. The van der Waals surface area contributed by atoms with Gasteiger partial charge in [0.1, 0.15) is 0 Å². The highest BCUT2D eigenvalue weighted by Crippen LogP contribution is 2.17. The second-order valence-corrected chi connectivity index (χ2v) is 5.88. The van der Waals surface area contributed by atoms with Crippen molar-refractivity contribution in [3.63, 3.8) is 0 Å². The van der Waals surface area contributed by atoms with Crippen molar-refractivity contribution in [2.45, 2.75) is 0 Å². The molecule has 24 heavy (non-hydrogen) atoms. The first kappa shape index (κ1) is 14.3. The lowest BCUT2D eigenvalue weighted by Gasteiger charge is -1.92. The van der Waals surface area contributed by atoms with Crippen LogP contribution in [0.1, 0.15) is 5.56 Å². The van der Waals surface area contributed by atoms with Crippen LogP contribution in [0.2, 0.25) is 0 Å². The second kappa shape index (κ2) is 5.39. The summed E-state index contributed by atoms with van der Waals surface area (Å²) in [6, 6.07) is 9.48. The first-order chi connectivity index (χ1) is 11.6. The van der Waals surface area contributed by atoms with E-state index in [2.05, 4.69) is 10.1 Å². The van der Waals surface area contributed by atoms with Gasteiger partial charge in [0.15, 0.2) is 5.76 Å². The Morgan fingerprint density at radius 2 is 2.17 bits per heavy atom. The highest BCUT2D eigenvalue weighted by Gasteiger charge is 2.13. The first-order valence-electron chi connectivity index (χ1n) is 6.81. The fraction of sp³-hybridized carbons (Fsp3) is 0. The standard InChI is InChI=1S/C15H8N4O4S/c20-14-12(8-9-3-1-4-10(7-9)19(21)22)24-15-16-13(17-18(14)15)11-5-2-6-23-11/h1-8H/b12-8-. The lowest BCUT2D eigenvalue weighted by atomic mass is 10.2. The zero-order valence-corrected chi connectivity index (χ0v) is 12.8. The number of hydrogen-bond acceptors (Lipinski definition) is 7. The van der Waals surface area contributed by atoms with E-state index in [4.69, 9.17) is 4.42 Å². The van der Waals surface area contributed by atoms with Crippen LogP contribution in [-0.2, 0) is 0 Å². The molecule has 0 unspecified atom stereocenters. The van der Waals surface area contributed by atoms with E-state index < -0.39 is 4.92 Å². The van der Waals surface area contributed by atoms with E-state index in [0.29, 0.717) is 26.6 Å². The molecule has 4 aromatic rings. The van der Waals surface area contributed by atoms with Gasteiger partial charge >= 0.3 is 0 Å². The Morgan fingerprint density at radius 1 is 1.29 bits per heavy atom. The third-order valence-electron chi connectivity index (χ3n) is 3.30. The zero-order chi connectivity index (χ0) is 16.7. The van der Waals surface area contributed by atoms with E-state index >= 15 is 0 Å². The van der Waals surface area contributed by atoms with Crippen LogP contribution in [0.3, 0.4) is 0 Å². The van der Waals surface area contributed by atoms with Crippen LogP contribution in [0, 0.1) is 10.1 Å². The molecule has 0 spiro atoms. The van der Waals surface area contributed by atoms with Crippen molar-refractivity contribution in [2.75, 3.05) is 0 Å². The molecule has 0 radical (unpaired) electrons. The van der Waals surface area contributed by atoms with Crippen LogP contribution in [0.25, 0.3) is 22.6 Å². The molecule has 0 saturated carbocycles. The summed E-state index contributed by atoms with van der Waals surface area (Å²) >= 11 is 1.16. The van der Waals surface area contributed by atoms with E-state index in [-0.39, 0.29) is 11.2 Å². The summed E-state index contributed by atoms with van der Waals surface area (Å²) in [6.45, 7) is 0. The van der Waals surface area contributed by atoms with Crippen molar-refractivity contribution in [2.24, 2.45) is 0 Å². The van der Waals surface area contributed by atoms with Crippen LogP contribution in [-0.4, -0.2) is 19.5 Å². The number of nitrogens with zero attached hydrogens (tertiary/aromatic N) is 4. The third kappa shape index (κ3) is 2.36. The molecule has 0 bridgehead atoms. The summed E-state index contributed by atoms with van der Waals surface area (Å²) in [4.78, 5) is 27.5. The summed E-state index contributed by atoms with van der Waals surface area (Å²) < 4.78 is 6.81. The van der Waals surface area contributed by atoms with Crippen molar-refractivity contribution >= 4 is 28.1 Å². The second-order valence-electron chi connectivity index (χ2n) is 4.87. The Hall–Kier alpha value is -3.33. The number of benzene rings is 1. The lowest BCUT2D eigenvalue weighted by Crippen LogP contribution is -2.23. The average Bonchev–Trinajstić information content (AvgIpc) is 3.27. The minimum Gasteiger partial charge on any atom is -0.461 e. The average molecular weight is 340 g/mol. The molecule has 0 saturated heterocycles. The van der Waals surface area contributed by atoms with Gasteiger partial charge in [0.2, 0.25) is 10.8 Å². The molecule has 0 aliphatic carbocycles. The SMILES string of the molecule is O=c1/c(=C/c2cccc([N+](=O)[O-])c2)sc2nc(-c3ccco3)nn12. The third-order valence-corrected chi connectivity index (χ3v) is 4.26. The van der Waals surface area contributed by atoms with E-state index in [9.17, 15) is 14.9 Å². The van der Waals surface area contributed by atoms with Gasteiger partial charge in [-0.3, -0.25) is 14.9 Å². The van der Waals surface area contributed by atoms with Crippen molar-refractivity contribution in [3.05, 3.63) is 73.2 Å². The van der Waals surface area contributed by atoms with Crippen LogP contribution < -0.4 is 10.1 Å². The van der Waals surface area contributed by atoms with Crippen LogP contribution in [0.4, 0.5) is 5.69 Å². The van der Waals surface area contributed by atoms with Gasteiger partial charge in [0.25, 0.3) is 11.2 Å². The molecule has 0 amide bonds. The summed E-state index contributed by atoms with van der Waals surface area (Å²) in [6.07, 6.45) is 3.09. The van der Waals surface area contributed by atoms with E-state index in [1.807, 2.05) is 0 Å². The Kier molecular flexibility index (Phi) is 3.21. The molecular weight excluding hydrogens is 332 g/mol. The molecule has 118 valence electrons. The number of hydrogen-bond donors (Lipinski definition) is 0. The lowest BCUT2D eigenvalue weighted by molar-refractivity contribution is -0.384. The molecular formula is C15H8N4O4S. The molecule has 3 aromatic heterocycles. The number of nitro benzene ring substituents is 1. The van der Waals surface area contributed by atoms with Gasteiger partial charge in [0, 0.05) is 12.1 Å². The molecule has 9 heteroatoms. The fourth-order valence-corrected chi connectivity index (χ4v) is 3.13. The van der Waals surface area contributed by atoms with E-state index in [0.717, 1.165) is 11.3 Å². The predicted octanol–water partition coefficient (Wildman–Crippen LogP) is 1.87. The van der Waals surface area contributed by atoms with Gasteiger partial charge in [-0.15, -0.1) is 5.10 Å². The largest absolute Gasteiger partial charge is 0.461 e. The number of rotatable bonds is 3. The van der Waals surface area contributed by atoms with Crippen molar-refractivity contribution in [3.8, 4) is 11.6 Å². The fourth-order valence-electron chi connectivity index (χ4n) is 2.22. The van der Waals surface area contributed by atoms with Gasteiger partial charge in [-0.2, -0.15) is 9.50 Å². The number of nitro groups is 1. The number of fused-ring (bicyclic) bond motifs is 1. The minimum absolute atomic E-state index is 0.0317. The molecule has 8 nitrogen and oxygen atoms in total. The Morgan fingerprint density at radius 3 is 2.88 bits per heavy atom. The monoisotopic (exact) mass is 340 g/mol. The maximum atomic E-state index is 12.4. The van der Waals surface area contributed by atoms with Crippen LogP contribution in [0.5, 0.6) is 0 Å². The zero-order valence-electron chi connectivity index (χ0n) is 11.9. The molecule has 1 aromatic carbocycles. The molecule has 0 aliphatic heterocycles. The number of aromatic nitrogens is 3. The molecule has 0 atom stereocenters. The Labute approximate surface area is 137 Å².